The fraction of sp³-hybridized carbons (Fsp3) is 0.133. The van der Waals surface area contributed by atoms with Crippen LogP contribution in [0.5, 0.6) is 0 Å². The van der Waals surface area contributed by atoms with Gasteiger partial charge in [0.1, 0.15) is 0 Å². The molecule has 5 nitrogen and oxygen atoms in total. The maximum atomic E-state index is 10.8. The normalized spacial score (nSPS) is 10.2. The first-order valence-corrected chi connectivity index (χ1v) is 8.23. The zero-order chi connectivity index (χ0) is 15.7. The number of thiazole rings is 2. The molecule has 23 heavy (non-hydrogen) atoms. The quantitative estimate of drug-likeness (QED) is 0.637. The standard InChI is InChI=1S/C15H13N3O2S2.BrH/c1-8-13(22-9(2)16-8)12-7-21-15(18-12)17-11-5-3-10(4-6-11)14(19)20;/h3-7H,1-2H3,(H,17,18)(H,19,20);1H. The molecule has 0 aliphatic carbocycles. The van der Waals surface area contributed by atoms with Crippen molar-refractivity contribution in [2.75, 3.05) is 5.32 Å². The summed E-state index contributed by atoms with van der Waals surface area (Å²) in [6, 6.07) is 6.59. The van der Waals surface area contributed by atoms with E-state index in [4.69, 9.17) is 5.11 Å². The minimum absolute atomic E-state index is 0. The SMILES string of the molecule is Br.Cc1nc(C)c(-c2csc(Nc3ccc(C(=O)O)cc3)n2)s1. The summed E-state index contributed by atoms with van der Waals surface area (Å²) >= 11 is 3.14. The molecule has 0 bridgehead atoms. The Hall–Kier alpha value is -1.77. The van der Waals surface area contributed by atoms with Gasteiger partial charge in [0.2, 0.25) is 0 Å². The Balaban J connectivity index is 0.00000192. The molecule has 8 heteroatoms. The highest BCUT2D eigenvalue weighted by Gasteiger charge is 2.11. The van der Waals surface area contributed by atoms with Crippen LogP contribution in [0, 0.1) is 13.8 Å². The van der Waals surface area contributed by atoms with E-state index in [1.54, 1.807) is 35.6 Å². The molecular weight excluding hydrogens is 398 g/mol. The predicted molar refractivity (Wildman–Crippen MR) is 99.7 cm³/mol. The third-order valence-electron chi connectivity index (χ3n) is 3.02. The molecule has 2 N–H and O–H groups in total. The van der Waals surface area contributed by atoms with Gasteiger partial charge in [-0.15, -0.1) is 39.7 Å². The highest BCUT2D eigenvalue weighted by molar-refractivity contribution is 8.93. The Morgan fingerprint density at radius 2 is 1.87 bits per heavy atom. The van der Waals surface area contributed by atoms with Crippen LogP contribution in [-0.2, 0) is 0 Å². The van der Waals surface area contributed by atoms with Gasteiger partial charge in [0.05, 0.1) is 26.8 Å². The molecular formula is C15H14BrN3O2S2. The summed E-state index contributed by atoms with van der Waals surface area (Å²) in [5.41, 5.74) is 2.98. The minimum Gasteiger partial charge on any atom is -0.478 e. The number of halogens is 1. The van der Waals surface area contributed by atoms with Gasteiger partial charge in [-0.25, -0.2) is 14.8 Å². The minimum atomic E-state index is -0.931. The monoisotopic (exact) mass is 411 g/mol. The van der Waals surface area contributed by atoms with Crippen LogP contribution in [0.4, 0.5) is 10.8 Å². The summed E-state index contributed by atoms with van der Waals surface area (Å²) in [6.07, 6.45) is 0. The number of aryl methyl sites for hydroxylation is 2. The van der Waals surface area contributed by atoms with Gasteiger partial charge in [0.15, 0.2) is 5.13 Å². The molecule has 0 amide bonds. The number of carboxylic acids is 1. The number of aromatic nitrogens is 2. The largest absolute Gasteiger partial charge is 0.478 e. The molecule has 0 radical (unpaired) electrons. The lowest BCUT2D eigenvalue weighted by Crippen LogP contribution is -1.96. The van der Waals surface area contributed by atoms with Crippen LogP contribution in [0.2, 0.25) is 0 Å². The van der Waals surface area contributed by atoms with Gasteiger partial charge >= 0.3 is 5.97 Å². The van der Waals surface area contributed by atoms with E-state index >= 15 is 0 Å². The van der Waals surface area contributed by atoms with Gasteiger partial charge in [-0.05, 0) is 38.1 Å². The van der Waals surface area contributed by atoms with E-state index < -0.39 is 5.97 Å². The first-order chi connectivity index (χ1) is 10.5. The second kappa shape index (κ2) is 7.20. The van der Waals surface area contributed by atoms with Crippen molar-refractivity contribution in [3.63, 3.8) is 0 Å². The van der Waals surface area contributed by atoms with Gasteiger partial charge in [0, 0.05) is 11.1 Å². The second-order valence-electron chi connectivity index (χ2n) is 4.69. The molecule has 0 aliphatic heterocycles. The Bertz CT molecular complexity index is 828. The fourth-order valence-electron chi connectivity index (χ4n) is 2.02. The average molecular weight is 412 g/mol. The number of aromatic carboxylic acids is 1. The van der Waals surface area contributed by atoms with Gasteiger partial charge in [-0.1, -0.05) is 0 Å². The van der Waals surface area contributed by atoms with E-state index in [1.165, 1.54) is 11.3 Å². The number of carboxylic acid groups (broad SMARTS) is 1. The van der Waals surface area contributed by atoms with E-state index in [0.29, 0.717) is 0 Å². The van der Waals surface area contributed by atoms with Crippen LogP contribution in [0.3, 0.4) is 0 Å². The van der Waals surface area contributed by atoms with Crippen molar-refractivity contribution >= 4 is 56.4 Å². The number of hydrogen-bond donors (Lipinski definition) is 2. The maximum absolute atomic E-state index is 10.8. The van der Waals surface area contributed by atoms with Crippen LogP contribution in [0.15, 0.2) is 29.6 Å². The summed E-state index contributed by atoms with van der Waals surface area (Å²) in [5.74, 6) is -0.931. The number of carbonyl (C=O) groups is 1. The van der Waals surface area contributed by atoms with Crippen molar-refractivity contribution in [2.24, 2.45) is 0 Å². The fourth-order valence-corrected chi connectivity index (χ4v) is 3.70. The second-order valence-corrected chi connectivity index (χ2v) is 6.75. The van der Waals surface area contributed by atoms with Crippen molar-refractivity contribution in [3.8, 4) is 10.6 Å². The summed E-state index contributed by atoms with van der Waals surface area (Å²) in [6.45, 7) is 3.96. The molecule has 0 fully saturated rings. The summed E-state index contributed by atoms with van der Waals surface area (Å²) in [5, 5.41) is 15.9. The lowest BCUT2D eigenvalue weighted by molar-refractivity contribution is 0.0697. The Morgan fingerprint density at radius 3 is 2.43 bits per heavy atom. The summed E-state index contributed by atoms with van der Waals surface area (Å²) in [4.78, 5) is 20.9. The molecule has 0 unspecified atom stereocenters. The van der Waals surface area contributed by atoms with Crippen LogP contribution in [0.1, 0.15) is 21.1 Å². The van der Waals surface area contributed by atoms with Crippen molar-refractivity contribution in [3.05, 3.63) is 45.9 Å². The molecule has 0 atom stereocenters. The van der Waals surface area contributed by atoms with Gasteiger partial charge in [0.25, 0.3) is 0 Å². The molecule has 2 aromatic heterocycles. The summed E-state index contributed by atoms with van der Waals surface area (Å²) in [7, 11) is 0. The number of rotatable bonds is 4. The number of nitrogens with zero attached hydrogens (tertiary/aromatic N) is 2. The highest BCUT2D eigenvalue weighted by atomic mass is 79.9. The van der Waals surface area contributed by atoms with Crippen LogP contribution >= 0.6 is 39.7 Å². The third-order valence-corrected chi connectivity index (χ3v) is 4.88. The lowest BCUT2D eigenvalue weighted by atomic mass is 10.2. The van der Waals surface area contributed by atoms with Crippen molar-refractivity contribution in [2.45, 2.75) is 13.8 Å². The average Bonchev–Trinajstić information content (AvgIpc) is 3.06. The molecule has 1 aromatic carbocycles. The Morgan fingerprint density at radius 1 is 1.17 bits per heavy atom. The van der Waals surface area contributed by atoms with Crippen LogP contribution in [0.25, 0.3) is 10.6 Å². The predicted octanol–water partition coefficient (Wildman–Crippen LogP) is 4.90. The zero-order valence-electron chi connectivity index (χ0n) is 12.4. The first-order valence-electron chi connectivity index (χ1n) is 6.53. The molecule has 3 rings (SSSR count). The lowest BCUT2D eigenvalue weighted by Gasteiger charge is -2.02. The molecule has 120 valence electrons. The van der Waals surface area contributed by atoms with Crippen molar-refractivity contribution in [1.82, 2.24) is 9.97 Å². The van der Waals surface area contributed by atoms with E-state index in [2.05, 4.69) is 15.3 Å². The van der Waals surface area contributed by atoms with Gasteiger partial charge in [-0.3, -0.25) is 0 Å². The number of anilines is 2. The van der Waals surface area contributed by atoms with E-state index in [0.717, 1.165) is 32.1 Å². The van der Waals surface area contributed by atoms with E-state index in [9.17, 15) is 4.79 Å². The Kier molecular flexibility index (Phi) is 5.51. The summed E-state index contributed by atoms with van der Waals surface area (Å²) < 4.78 is 0. The molecule has 3 aromatic rings. The number of benzene rings is 1. The maximum Gasteiger partial charge on any atom is 0.335 e. The van der Waals surface area contributed by atoms with Crippen LogP contribution in [-0.4, -0.2) is 21.0 Å². The van der Waals surface area contributed by atoms with Gasteiger partial charge in [-0.2, -0.15) is 0 Å². The molecule has 0 spiro atoms. The highest BCUT2D eigenvalue weighted by Crippen LogP contribution is 2.32. The van der Waals surface area contributed by atoms with E-state index in [1.807, 2.05) is 19.2 Å². The number of hydrogen-bond acceptors (Lipinski definition) is 6. The van der Waals surface area contributed by atoms with E-state index in [-0.39, 0.29) is 22.5 Å². The Labute approximate surface area is 151 Å². The first kappa shape index (κ1) is 17.6. The van der Waals surface area contributed by atoms with Crippen molar-refractivity contribution in [1.29, 1.82) is 0 Å². The third kappa shape index (κ3) is 3.95. The van der Waals surface area contributed by atoms with Gasteiger partial charge < -0.3 is 10.4 Å². The van der Waals surface area contributed by atoms with Crippen LogP contribution < -0.4 is 5.32 Å². The topological polar surface area (TPSA) is 75.1 Å². The zero-order valence-corrected chi connectivity index (χ0v) is 15.7. The number of nitrogens with one attached hydrogen (secondary N) is 1. The molecule has 2 heterocycles. The smallest absolute Gasteiger partial charge is 0.335 e. The molecule has 0 aliphatic rings. The molecule has 0 saturated heterocycles. The van der Waals surface area contributed by atoms with Crippen molar-refractivity contribution < 1.29 is 9.90 Å². The molecule has 0 saturated carbocycles.